The molecule has 10 nitrogen and oxygen atoms in total. The van der Waals surface area contributed by atoms with Crippen LogP contribution in [0.25, 0.3) is 5.69 Å². The van der Waals surface area contributed by atoms with Crippen molar-refractivity contribution in [2.24, 2.45) is 5.92 Å². The molecule has 2 aliphatic rings. The van der Waals surface area contributed by atoms with Gasteiger partial charge in [0.05, 0.1) is 31.1 Å². The van der Waals surface area contributed by atoms with Gasteiger partial charge in [-0.3, -0.25) is 14.4 Å². The van der Waals surface area contributed by atoms with Crippen LogP contribution >= 0.6 is 0 Å². The maximum atomic E-state index is 14.1. The van der Waals surface area contributed by atoms with Gasteiger partial charge >= 0.3 is 0 Å². The third-order valence-corrected chi connectivity index (χ3v) is 7.99. The fourth-order valence-corrected chi connectivity index (χ4v) is 5.64. The lowest BCUT2D eigenvalue weighted by Crippen LogP contribution is -2.46. The summed E-state index contributed by atoms with van der Waals surface area (Å²) < 4.78 is 46.6. The molecule has 0 aliphatic carbocycles. The second-order valence-electron chi connectivity index (χ2n) is 11.2. The van der Waals surface area contributed by atoms with Crippen LogP contribution in [0.5, 0.6) is 5.88 Å². The highest BCUT2D eigenvalue weighted by molar-refractivity contribution is 5.81. The van der Waals surface area contributed by atoms with Crippen LogP contribution in [0.4, 0.5) is 8.78 Å². The number of aromatic nitrogens is 2. The number of ether oxygens (including phenoxy) is 3. The van der Waals surface area contributed by atoms with E-state index >= 15 is 0 Å². The van der Waals surface area contributed by atoms with Crippen molar-refractivity contribution in [3.8, 4) is 11.6 Å². The summed E-state index contributed by atoms with van der Waals surface area (Å²) in [4.78, 5) is 33.3. The van der Waals surface area contributed by atoms with E-state index in [-0.39, 0.29) is 43.2 Å². The minimum Gasteiger partial charge on any atom is -0.474 e. The maximum Gasteiger partial charge on any atom is 0.236 e. The van der Waals surface area contributed by atoms with Crippen LogP contribution in [0.15, 0.2) is 48.5 Å². The molecule has 236 valence electrons. The van der Waals surface area contributed by atoms with Gasteiger partial charge in [-0.25, -0.2) is 13.5 Å². The molecule has 44 heavy (non-hydrogen) atoms. The largest absolute Gasteiger partial charge is 0.474 e. The first-order valence-electron chi connectivity index (χ1n) is 14.7. The van der Waals surface area contributed by atoms with Gasteiger partial charge in [0.25, 0.3) is 0 Å². The highest BCUT2D eigenvalue weighted by Gasteiger charge is 2.37. The number of carbonyl (C=O) groups excluding carboxylic acids is 2. The van der Waals surface area contributed by atoms with Crippen molar-refractivity contribution in [2.45, 2.75) is 38.9 Å². The minimum atomic E-state index is -0.964. The SMILES string of the molecule is COCCN1C[C@@H](CC(=O)Cc2c(C)c(OCC3CN(C(C)=O)CCO3)nn2-c2ccccc2)[C@H](c2ccc(F)c(F)c2)O1. The van der Waals surface area contributed by atoms with Crippen molar-refractivity contribution in [3.05, 3.63) is 77.0 Å². The third-order valence-electron chi connectivity index (χ3n) is 7.99. The van der Waals surface area contributed by atoms with E-state index in [0.717, 1.165) is 23.4 Å². The Morgan fingerprint density at radius 1 is 1.09 bits per heavy atom. The zero-order valence-corrected chi connectivity index (χ0v) is 25.2. The molecule has 3 atom stereocenters. The highest BCUT2D eigenvalue weighted by Crippen LogP contribution is 2.37. The molecule has 5 rings (SSSR count). The van der Waals surface area contributed by atoms with Crippen molar-refractivity contribution in [3.63, 3.8) is 0 Å². The van der Waals surface area contributed by atoms with Crippen LogP contribution in [0.3, 0.4) is 0 Å². The molecule has 2 saturated heterocycles. The molecule has 12 heteroatoms. The molecule has 1 unspecified atom stereocenters. The van der Waals surface area contributed by atoms with Crippen LogP contribution in [0, 0.1) is 24.5 Å². The third kappa shape index (κ3) is 7.49. The summed E-state index contributed by atoms with van der Waals surface area (Å²) in [6, 6.07) is 13.2. The first-order valence-corrected chi connectivity index (χ1v) is 14.7. The first-order chi connectivity index (χ1) is 21.2. The predicted octanol–water partition coefficient (Wildman–Crippen LogP) is 3.84. The number of hydrogen-bond acceptors (Lipinski definition) is 8. The molecular formula is C32H38F2N4O6. The molecule has 0 bridgehead atoms. The van der Waals surface area contributed by atoms with Gasteiger partial charge in [0.15, 0.2) is 11.6 Å². The molecular weight excluding hydrogens is 574 g/mol. The number of hydrogen-bond donors (Lipinski definition) is 0. The lowest BCUT2D eigenvalue weighted by atomic mass is 9.90. The molecule has 1 amide bonds. The maximum absolute atomic E-state index is 14.1. The molecule has 2 fully saturated rings. The number of halogens is 2. The van der Waals surface area contributed by atoms with Crippen LogP contribution in [0.1, 0.15) is 36.3 Å². The number of rotatable bonds is 12. The van der Waals surface area contributed by atoms with E-state index in [4.69, 9.17) is 24.1 Å². The zero-order chi connectivity index (χ0) is 31.2. The van der Waals surface area contributed by atoms with Crippen molar-refractivity contribution in [2.75, 3.05) is 53.1 Å². The Morgan fingerprint density at radius 2 is 1.89 bits per heavy atom. The number of nitrogens with zero attached hydrogens (tertiary/aromatic N) is 4. The summed E-state index contributed by atoms with van der Waals surface area (Å²) in [5.74, 6) is -1.88. The Bertz CT molecular complexity index is 1450. The summed E-state index contributed by atoms with van der Waals surface area (Å²) in [6.07, 6.45) is -0.682. The molecule has 0 spiro atoms. The lowest BCUT2D eigenvalue weighted by molar-refractivity contribution is -0.155. The Hall–Kier alpha value is -3.71. The summed E-state index contributed by atoms with van der Waals surface area (Å²) >= 11 is 0. The smallest absolute Gasteiger partial charge is 0.236 e. The van der Waals surface area contributed by atoms with Crippen LogP contribution < -0.4 is 4.74 Å². The van der Waals surface area contributed by atoms with E-state index < -0.39 is 17.7 Å². The molecule has 0 radical (unpaired) electrons. The summed E-state index contributed by atoms with van der Waals surface area (Å²) in [6.45, 7) is 6.34. The number of carbonyl (C=O) groups is 2. The Kier molecular flexibility index (Phi) is 10.4. The van der Waals surface area contributed by atoms with Gasteiger partial charge in [0.1, 0.15) is 24.6 Å². The quantitative estimate of drug-likeness (QED) is 0.305. The second kappa shape index (κ2) is 14.4. The fraction of sp³-hybridized carbons (Fsp3) is 0.469. The number of para-hydroxylation sites is 1. The molecule has 1 aromatic heterocycles. The van der Waals surface area contributed by atoms with E-state index in [9.17, 15) is 18.4 Å². The van der Waals surface area contributed by atoms with Crippen LogP contribution in [0.2, 0.25) is 0 Å². The normalized spacial score (nSPS) is 20.7. The Morgan fingerprint density at radius 3 is 2.61 bits per heavy atom. The minimum absolute atomic E-state index is 0.00934. The molecule has 2 aromatic carbocycles. The van der Waals surface area contributed by atoms with Gasteiger partial charge in [-0.05, 0) is 36.8 Å². The van der Waals surface area contributed by atoms with Crippen LogP contribution in [-0.4, -0.2) is 90.6 Å². The van der Waals surface area contributed by atoms with Gasteiger partial charge in [-0.1, -0.05) is 24.3 Å². The van der Waals surface area contributed by atoms with Gasteiger partial charge < -0.3 is 19.1 Å². The zero-order valence-electron chi connectivity index (χ0n) is 25.2. The highest BCUT2D eigenvalue weighted by atomic mass is 19.2. The van der Waals surface area contributed by atoms with Gasteiger partial charge in [0.2, 0.25) is 11.8 Å². The van der Waals surface area contributed by atoms with E-state index in [0.29, 0.717) is 56.5 Å². The number of hydroxylamine groups is 2. The summed E-state index contributed by atoms with van der Waals surface area (Å²) in [5.41, 5.74) is 2.66. The number of amides is 1. The number of ketones is 1. The van der Waals surface area contributed by atoms with Crippen molar-refractivity contribution in [1.82, 2.24) is 19.7 Å². The van der Waals surface area contributed by atoms with Gasteiger partial charge in [0, 0.05) is 58.0 Å². The number of methoxy groups -OCH3 is 1. The van der Waals surface area contributed by atoms with Crippen molar-refractivity contribution >= 4 is 11.7 Å². The monoisotopic (exact) mass is 612 g/mol. The predicted molar refractivity (Wildman–Crippen MR) is 156 cm³/mol. The summed E-state index contributed by atoms with van der Waals surface area (Å²) in [7, 11) is 1.59. The molecule has 2 aliphatic heterocycles. The molecule has 3 aromatic rings. The average molecular weight is 613 g/mol. The topological polar surface area (TPSA) is 95.4 Å². The first kappa shape index (κ1) is 31.7. The Balaban J connectivity index is 1.34. The van der Waals surface area contributed by atoms with Gasteiger partial charge in [-0.15, -0.1) is 5.10 Å². The van der Waals surface area contributed by atoms with Crippen LogP contribution in [-0.2, 0) is 30.3 Å². The number of benzene rings is 2. The Labute approximate surface area is 255 Å². The van der Waals surface area contributed by atoms with Gasteiger partial charge in [-0.2, -0.15) is 5.06 Å². The van der Waals surface area contributed by atoms with E-state index in [1.165, 1.54) is 13.0 Å². The standard InChI is InChI=1S/C32H38F2N4O6/c1-21-30(17-26(40)15-24-18-37(12-13-41-3)44-31(24)23-9-10-28(33)29(34)16-23)38(25-7-5-4-6-8-25)35-32(21)43-20-27-19-36(22(2)39)11-14-42-27/h4-10,16,24,27,31H,11-15,17-20H2,1-3H3/t24-,27?,31+/m1/s1. The molecule has 0 saturated carbocycles. The average Bonchev–Trinajstić information content (AvgIpc) is 3.56. The molecule has 3 heterocycles. The van der Waals surface area contributed by atoms with E-state index in [2.05, 4.69) is 0 Å². The fourth-order valence-electron chi connectivity index (χ4n) is 5.64. The van der Waals surface area contributed by atoms with Crippen molar-refractivity contribution < 1.29 is 37.4 Å². The summed E-state index contributed by atoms with van der Waals surface area (Å²) in [5, 5.41) is 6.42. The molecule has 0 N–H and O–H groups in total. The number of morpholine rings is 1. The number of Topliss-reactive ketones (excluding diaryl/α,β-unsaturated/α-hetero) is 1. The second-order valence-corrected chi connectivity index (χ2v) is 11.2. The lowest BCUT2D eigenvalue weighted by Gasteiger charge is -2.31. The van der Waals surface area contributed by atoms with E-state index in [1.54, 1.807) is 21.8 Å². The van der Waals surface area contributed by atoms with Crippen molar-refractivity contribution in [1.29, 1.82) is 0 Å². The van der Waals surface area contributed by atoms with E-state index in [1.807, 2.05) is 37.3 Å².